The van der Waals surface area contributed by atoms with Crippen molar-refractivity contribution in [3.8, 4) is 0 Å². The highest BCUT2D eigenvalue weighted by molar-refractivity contribution is 5.14. The Morgan fingerprint density at radius 1 is 1.33 bits per heavy atom. The molecule has 0 aliphatic carbocycles. The van der Waals surface area contributed by atoms with E-state index in [0.717, 1.165) is 38.2 Å². The lowest BCUT2D eigenvalue weighted by molar-refractivity contribution is -0.120. The van der Waals surface area contributed by atoms with Crippen LogP contribution in [0.3, 0.4) is 0 Å². The predicted octanol–water partition coefficient (Wildman–Crippen LogP) is 0.390. The van der Waals surface area contributed by atoms with Crippen molar-refractivity contribution in [3.63, 3.8) is 0 Å². The second-order valence-electron chi connectivity index (χ2n) is 4.57. The smallest absolute Gasteiger partial charge is 0.123 e. The zero-order valence-electron chi connectivity index (χ0n) is 8.63. The summed E-state index contributed by atoms with van der Waals surface area (Å²) in [5.41, 5.74) is -0.0236. The van der Waals surface area contributed by atoms with Crippen LogP contribution in [-0.4, -0.2) is 39.6 Å². The molecule has 1 N–H and O–H groups in total. The van der Waals surface area contributed by atoms with Gasteiger partial charge in [-0.1, -0.05) is 0 Å². The molecular weight excluding hydrogens is 190 g/mol. The Hall–Kier alpha value is -1.00. The van der Waals surface area contributed by atoms with E-state index in [1.54, 1.807) is 18.6 Å². The van der Waals surface area contributed by atoms with Crippen LogP contribution in [0.25, 0.3) is 0 Å². The fourth-order valence-corrected chi connectivity index (χ4v) is 2.85. The van der Waals surface area contributed by atoms with Gasteiger partial charge in [-0.25, -0.2) is 0 Å². The van der Waals surface area contributed by atoms with Crippen molar-refractivity contribution in [2.24, 2.45) is 5.92 Å². The topological polar surface area (TPSA) is 49.3 Å². The van der Waals surface area contributed by atoms with E-state index in [9.17, 15) is 5.11 Å². The Balaban J connectivity index is 1.97. The van der Waals surface area contributed by atoms with E-state index < -0.39 is 5.60 Å². The number of hydrogen-bond acceptors (Lipinski definition) is 4. The molecule has 4 rings (SSSR count). The second-order valence-corrected chi connectivity index (χ2v) is 4.57. The number of nitrogens with zero attached hydrogens (tertiary/aromatic N) is 3. The van der Waals surface area contributed by atoms with Crippen molar-refractivity contribution in [3.05, 3.63) is 24.3 Å². The third-order valence-electron chi connectivity index (χ3n) is 3.73. The molecule has 0 aromatic carbocycles. The maximum atomic E-state index is 10.7. The molecule has 80 valence electrons. The van der Waals surface area contributed by atoms with Crippen molar-refractivity contribution in [2.45, 2.75) is 18.4 Å². The van der Waals surface area contributed by atoms with E-state index in [4.69, 9.17) is 0 Å². The quantitative estimate of drug-likeness (QED) is 0.720. The average molecular weight is 205 g/mol. The van der Waals surface area contributed by atoms with Crippen LogP contribution in [0.1, 0.15) is 18.5 Å². The lowest BCUT2D eigenvalue weighted by Crippen LogP contribution is -2.57. The summed E-state index contributed by atoms with van der Waals surface area (Å²) in [4.78, 5) is 10.6. The Morgan fingerprint density at radius 3 is 2.67 bits per heavy atom. The van der Waals surface area contributed by atoms with Gasteiger partial charge in [-0.3, -0.25) is 9.97 Å². The molecule has 0 spiro atoms. The highest BCUT2D eigenvalue weighted by Crippen LogP contribution is 2.41. The number of piperidine rings is 3. The van der Waals surface area contributed by atoms with E-state index in [-0.39, 0.29) is 0 Å². The van der Waals surface area contributed by atoms with Gasteiger partial charge in [0, 0.05) is 18.9 Å². The van der Waals surface area contributed by atoms with Gasteiger partial charge >= 0.3 is 0 Å². The maximum Gasteiger partial charge on any atom is 0.123 e. The summed E-state index contributed by atoms with van der Waals surface area (Å²) < 4.78 is 0. The number of aliphatic hydroxyl groups is 1. The average Bonchev–Trinajstić information content (AvgIpc) is 2.31. The van der Waals surface area contributed by atoms with Crippen LogP contribution in [0.15, 0.2) is 18.6 Å². The lowest BCUT2D eigenvalue weighted by atomic mass is 9.74. The fourth-order valence-electron chi connectivity index (χ4n) is 2.85. The molecule has 15 heavy (non-hydrogen) atoms. The minimum Gasteiger partial charge on any atom is -0.382 e. The minimum atomic E-state index is -0.759. The Morgan fingerprint density at radius 2 is 2.13 bits per heavy atom. The Bertz CT molecular complexity index is 348. The first-order valence-corrected chi connectivity index (χ1v) is 5.50. The van der Waals surface area contributed by atoms with Crippen LogP contribution in [0.4, 0.5) is 0 Å². The van der Waals surface area contributed by atoms with Gasteiger partial charge in [0.1, 0.15) is 5.60 Å². The second kappa shape index (κ2) is 3.25. The number of aromatic nitrogens is 2. The van der Waals surface area contributed by atoms with E-state index in [0.29, 0.717) is 5.92 Å². The van der Waals surface area contributed by atoms with Crippen LogP contribution in [-0.2, 0) is 5.60 Å². The molecule has 1 aromatic heterocycles. The van der Waals surface area contributed by atoms with Gasteiger partial charge in [-0.2, -0.15) is 0 Å². The van der Waals surface area contributed by atoms with Crippen molar-refractivity contribution in [2.75, 3.05) is 19.6 Å². The first kappa shape index (κ1) is 9.24. The zero-order valence-corrected chi connectivity index (χ0v) is 8.63. The highest BCUT2D eigenvalue weighted by Gasteiger charge is 2.47. The van der Waals surface area contributed by atoms with Crippen LogP contribution in [0, 0.1) is 5.92 Å². The van der Waals surface area contributed by atoms with Crippen LogP contribution < -0.4 is 0 Å². The lowest BCUT2D eigenvalue weighted by Gasteiger charge is -2.49. The van der Waals surface area contributed by atoms with E-state index in [2.05, 4.69) is 14.9 Å². The molecule has 3 aliphatic heterocycles. The molecule has 4 heterocycles. The molecular formula is C11H15N3O. The molecule has 1 unspecified atom stereocenters. The molecule has 4 nitrogen and oxygen atoms in total. The van der Waals surface area contributed by atoms with Gasteiger partial charge < -0.3 is 10.0 Å². The minimum absolute atomic E-state index is 0.360. The van der Waals surface area contributed by atoms with Gasteiger partial charge in [-0.15, -0.1) is 0 Å². The molecule has 0 saturated carbocycles. The number of hydrogen-bond donors (Lipinski definition) is 1. The monoisotopic (exact) mass is 205 g/mol. The van der Waals surface area contributed by atoms with E-state index in [1.807, 2.05) is 0 Å². The summed E-state index contributed by atoms with van der Waals surface area (Å²) in [5.74, 6) is 0.360. The van der Waals surface area contributed by atoms with Gasteiger partial charge in [0.05, 0.1) is 11.9 Å². The molecule has 3 aliphatic rings. The summed E-state index contributed by atoms with van der Waals surface area (Å²) in [7, 11) is 0. The van der Waals surface area contributed by atoms with Crippen LogP contribution >= 0.6 is 0 Å². The molecule has 4 heteroatoms. The normalized spacial score (nSPS) is 39.3. The Labute approximate surface area is 89.0 Å². The molecule has 1 atom stereocenters. The summed E-state index contributed by atoms with van der Waals surface area (Å²) in [6.45, 7) is 2.96. The highest BCUT2D eigenvalue weighted by atomic mass is 16.3. The fraction of sp³-hybridized carbons (Fsp3) is 0.636. The summed E-state index contributed by atoms with van der Waals surface area (Å²) in [6, 6.07) is 0. The van der Waals surface area contributed by atoms with Gasteiger partial charge in [0.25, 0.3) is 0 Å². The van der Waals surface area contributed by atoms with Crippen molar-refractivity contribution >= 4 is 0 Å². The molecule has 3 saturated heterocycles. The SMILES string of the molecule is OC1(c2cnccn2)CN2CCC1CC2. The molecule has 0 amide bonds. The zero-order chi connectivity index (χ0) is 10.3. The van der Waals surface area contributed by atoms with Gasteiger partial charge in [0.2, 0.25) is 0 Å². The molecule has 1 aromatic rings. The predicted molar refractivity (Wildman–Crippen MR) is 55.1 cm³/mol. The van der Waals surface area contributed by atoms with Crippen molar-refractivity contribution < 1.29 is 5.11 Å². The molecule has 2 bridgehead atoms. The van der Waals surface area contributed by atoms with Gasteiger partial charge in [-0.05, 0) is 31.8 Å². The Kier molecular flexibility index (Phi) is 2.00. The first-order chi connectivity index (χ1) is 7.29. The number of fused-ring (bicyclic) bond motifs is 3. The van der Waals surface area contributed by atoms with Crippen LogP contribution in [0.2, 0.25) is 0 Å². The first-order valence-electron chi connectivity index (χ1n) is 5.50. The van der Waals surface area contributed by atoms with Crippen molar-refractivity contribution in [1.29, 1.82) is 0 Å². The summed E-state index contributed by atoms with van der Waals surface area (Å²) in [6.07, 6.45) is 7.15. The standard InChI is InChI=1S/C11H15N3O/c15-11(10-7-12-3-4-13-10)8-14-5-1-9(11)2-6-14/h3-4,7,9,15H,1-2,5-6,8H2. The van der Waals surface area contributed by atoms with Gasteiger partial charge in [0.15, 0.2) is 0 Å². The largest absolute Gasteiger partial charge is 0.382 e. The third-order valence-corrected chi connectivity index (χ3v) is 3.73. The molecule has 0 radical (unpaired) electrons. The van der Waals surface area contributed by atoms with Crippen LogP contribution in [0.5, 0.6) is 0 Å². The summed E-state index contributed by atoms with van der Waals surface area (Å²) in [5, 5.41) is 10.7. The third kappa shape index (κ3) is 1.36. The van der Waals surface area contributed by atoms with E-state index in [1.165, 1.54) is 0 Å². The van der Waals surface area contributed by atoms with E-state index >= 15 is 0 Å². The summed E-state index contributed by atoms with van der Waals surface area (Å²) >= 11 is 0. The molecule has 3 fully saturated rings. The number of rotatable bonds is 1. The maximum absolute atomic E-state index is 10.7. The van der Waals surface area contributed by atoms with Crippen molar-refractivity contribution in [1.82, 2.24) is 14.9 Å².